The van der Waals surface area contributed by atoms with E-state index in [-0.39, 0.29) is 0 Å². The Kier molecular flexibility index (Phi) is 5.33. The van der Waals surface area contributed by atoms with Crippen LogP contribution in [-0.2, 0) is 0 Å². The van der Waals surface area contributed by atoms with Crippen molar-refractivity contribution in [2.45, 2.75) is 6.92 Å². The zero-order valence-corrected chi connectivity index (χ0v) is 18.6. The number of hydrogen-bond acceptors (Lipinski definition) is 4. The molecule has 0 aliphatic heterocycles. The molecule has 0 N–H and O–H groups in total. The van der Waals surface area contributed by atoms with Gasteiger partial charge in [-0.1, -0.05) is 48.5 Å². The molecular weight excluding hydrogens is 396 g/mol. The van der Waals surface area contributed by atoms with Gasteiger partial charge in [0, 0.05) is 30.1 Å². The molecule has 0 bridgehead atoms. The standard InChI is InChI=1S/C27H26N4O/c1-19-8-13-25(24-7-5-4-6-23(19)24)26-17-29-31-18-21(16-28-27(26)31)20-9-11-22(12-10-20)32-15-14-30(2)3/h4-13,16-18H,14-15H2,1-3H3. The molecule has 0 atom stereocenters. The number of fused-ring (bicyclic) bond motifs is 2. The highest BCUT2D eigenvalue weighted by atomic mass is 16.5. The van der Waals surface area contributed by atoms with Gasteiger partial charge in [-0.2, -0.15) is 5.10 Å². The van der Waals surface area contributed by atoms with Gasteiger partial charge >= 0.3 is 0 Å². The van der Waals surface area contributed by atoms with Crippen molar-refractivity contribution in [1.29, 1.82) is 0 Å². The zero-order valence-electron chi connectivity index (χ0n) is 18.6. The summed E-state index contributed by atoms with van der Waals surface area (Å²) in [5.41, 5.74) is 6.41. The molecule has 0 radical (unpaired) electrons. The van der Waals surface area contributed by atoms with Crippen LogP contribution >= 0.6 is 0 Å². The highest BCUT2D eigenvalue weighted by molar-refractivity contribution is 6.01. The predicted molar refractivity (Wildman–Crippen MR) is 130 cm³/mol. The molecule has 0 aliphatic rings. The predicted octanol–water partition coefficient (Wildman–Crippen LogP) is 5.47. The molecule has 2 heterocycles. The molecule has 0 saturated carbocycles. The first-order chi connectivity index (χ1) is 15.6. The summed E-state index contributed by atoms with van der Waals surface area (Å²) in [7, 11) is 4.08. The fourth-order valence-corrected chi connectivity index (χ4v) is 3.99. The molecule has 2 aromatic heterocycles. The van der Waals surface area contributed by atoms with E-state index >= 15 is 0 Å². The minimum atomic E-state index is 0.670. The number of likely N-dealkylation sites (N-methyl/N-ethyl adjacent to an activating group) is 1. The normalized spacial score (nSPS) is 11.5. The van der Waals surface area contributed by atoms with Gasteiger partial charge in [-0.3, -0.25) is 0 Å². The maximum atomic E-state index is 5.80. The van der Waals surface area contributed by atoms with Crippen molar-refractivity contribution in [3.63, 3.8) is 0 Å². The number of benzene rings is 3. The molecule has 32 heavy (non-hydrogen) atoms. The van der Waals surface area contributed by atoms with E-state index in [1.54, 1.807) is 0 Å². The van der Waals surface area contributed by atoms with Crippen molar-refractivity contribution in [3.05, 3.63) is 84.8 Å². The van der Waals surface area contributed by atoms with Crippen molar-refractivity contribution in [3.8, 4) is 28.0 Å². The molecule has 160 valence electrons. The Bertz CT molecular complexity index is 1390. The summed E-state index contributed by atoms with van der Waals surface area (Å²) in [6.07, 6.45) is 5.85. The molecule has 5 aromatic rings. The summed E-state index contributed by atoms with van der Waals surface area (Å²) in [4.78, 5) is 6.88. The Morgan fingerprint density at radius 1 is 0.844 bits per heavy atom. The third-order valence-corrected chi connectivity index (χ3v) is 5.78. The molecule has 5 rings (SSSR count). The second kappa shape index (κ2) is 8.44. The summed E-state index contributed by atoms with van der Waals surface area (Å²) in [6, 6.07) is 20.9. The fourth-order valence-electron chi connectivity index (χ4n) is 3.99. The van der Waals surface area contributed by atoms with Gasteiger partial charge in [0.1, 0.15) is 12.4 Å². The molecule has 5 heteroatoms. The van der Waals surface area contributed by atoms with Crippen LogP contribution < -0.4 is 4.74 Å². The van der Waals surface area contributed by atoms with Gasteiger partial charge in [-0.25, -0.2) is 9.50 Å². The van der Waals surface area contributed by atoms with Gasteiger partial charge in [0.15, 0.2) is 5.65 Å². The average Bonchev–Trinajstić information content (AvgIpc) is 3.23. The monoisotopic (exact) mass is 422 g/mol. The average molecular weight is 423 g/mol. The van der Waals surface area contributed by atoms with Gasteiger partial charge in [-0.05, 0) is 60.6 Å². The Morgan fingerprint density at radius 3 is 2.41 bits per heavy atom. The number of aryl methyl sites for hydroxylation is 1. The van der Waals surface area contributed by atoms with Crippen LogP contribution in [0.4, 0.5) is 0 Å². The van der Waals surface area contributed by atoms with Crippen LogP contribution in [0, 0.1) is 6.92 Å². The zero-order chi connectivity index (χ0) is 22.1. The smallest absolute Gasteiger partial charge is 0.162 e. The molecule has 0 amide bonds. The van der Waals surface area contributed by atoms with E-state index in [2.05, 4.69) is 65.5 Å². The number of hydrogen-bond donors (Lipinski definition) is 0. The van der Waals surface area contributed by atoms with Gasteiger partial charge in [0.25, 0.3) is 0 Å². The molecule has 0 aliphatic carbocycles. The first-order valence-corrected chi connectivity index (χ1v) is 10.8. The maximum absolute atomic E-state index is 5.80. The molecular formula is C27H26N4O. The van der Waals surface area contributed by atoms with E-state index in [0.717, 1.165) is 40.2 Å². The van der Waals surface area contributed by atoms with Crippen LogP contribution in [-0.4, -0.2) is 46.7 Å². The molecule has 0 spiro atoms. The van der Waals surface area contributed by atoms with Crippen molar-refractivity contribution in [1.82, 2.24) is 19.5 Å². The number of rotatable bonds is 6. The summed E-state index contributed by atoms with van der Waals surface area (Å²) >= 11 is 0. The van der Waals surface area contributed by atoms with Crippen LogP contribution in [0.3, 0.4) is 0 Å². The molecule has 0 saturated heterocycles. The minimum absolute atomic E-state index is 0.670. The molecule has 3 aromatic carbocycles. The molecule has 5 nitrogen and oxygen atoms in total. The lowest BCUT2D eigenvalue weighted by Crippen LogP contribution is -2.19. The van der Waals surface area contributed by atoms with Crippen molar-refractivity contribution in [2.24, 2.45) is 0 Å². The van der Waals surface area contributed by atoms with Crippen LogP contribution in [0.15, 0.2) is 79.3 Å². The van der Waals surface area contributed by atoms with Crippen molar-refractivity contribution < 1.29 is 4.74 Å². The Hall–Kier alpha value is -3.70. The lowest BCUT2D eigenvalue weighted by molar-refractivity contribution is 0.261. The van der Waals surface area contributed by atoms with Gasteiger partial charge in [-0.15, -0.1) is 0 Å². The van der Waals surface area contributed by atoms with E-state index < -0.39 is 0 Å². The number of ether oxygens (including phenoxy) is 1. The van der Waals surface area contributed by atoms with E-state index in [1.165, 1.54) is 16.3 Å². The first kappa shape index (κ1) is 20.2. The van der Waals surface area contributed by atoms with Gasteiger partial charge in [0.2, 0.25) is 0 Å². The van der Waals surface area contributed by atoms with Crippen LogP contribution in [0.1, 0.15) is 5.56 Å². The quantitative estimate of drug-likeness (QED) is 0.364. The highest BCUT2D eigenvalue weighted by Gasteiger charge is 2.13. The van der Waals surface area contributed by atoms with Crippen LogP contribution in [0.25, 0.3) is 38.7 Å². The van der Waals surface area contributed by atoms with E-state index in [0.29, 0.717) is 6.61 Å². The minimum Gasteiger partial charge on any atom is -0.492 e. The van der Waals surface area contributed by atoms with E-state index in [9.17, 15) is 0 Å². The molecule has 0 unspecified atom stereocenters. The van der Waals surface area contributed by atoms with E-state index in [1.807, 2.05) is 49.3 Å². The first-order valence-electron chi connectivity index (χ1n) is 10.8. The summed E-state index contributed by atoms with van der Waals surface area (Å²) in [6.45, 7) is 3.70. The van der Waals surface area contributed by atoms with E-state index in [4.69, 9.17) is 9.72 Å². The van der Waals surface area contributed by atoms with Gasteiger partial charge < -0.3 is 9.64 Å². The number of aromatic nitrogens is 3. The lowest BCUT2D eigenvalue weighted by atomic mass is 9.97. The SMILES string of the molecule is Cc1ccc(-c2cnn3cc(-c4ccc(OCCN(C)C)cc4)cnc23)c2ccccc12. The van der Waals surface area contributed by atoms with Crippen molar-refractivity contribution in [2.75, 3.05) is 27.2 Å². The fraction of sp³-hybridized carbons (Fsp3) is 0.185. The largest absolute Gasteiger partial charge is 0.492 e. The van der Waals surface area contributed by atoms with Crippen LogP contribution in [0.2, 0.25) is 0 Å². The summed E-state index contributed by atoms with van der Waals surface area (Å²) in [5.74, 6) is 0.872. The third-order valence-electron chi connectivity index (χ3n) is 5.78. The summed E-state index contributed by atoms with van der Waals surface area (Å²) < 4.78 is 7.66. The number of nitrogens with zero attached hydrogens (tertiary/aromatic N) is 4. The second-order valence-electron chi connectivity index (χ2n) is 8.32. The lowest BCUT2D eigenvalue weighted by Gasteiger charge is -2.11. The van der Waals surface area contributed by atoms with Gasteiger partial charge in [0.05, 0.1) is 6.20 Å². The Balaban J connectivity index is 1.46. The summed E-state index contributed by atoms with van der Waals surface area (Å²) in [5, 5.41) is 7.09. The highest BCUT2D eigenvalue weighted by Crippen LogP contribution is 2.33. The topological polar surface area (TPSA) is 42.7 Å². The van der Waals surface area contributed by atoms with Crippen molar-refractivity contribution >= 4 is 16.4 Å². The second-order valence-corrected chi connectivity index (χ2v) is 8.32. The Labute approximate surface area is 187 Å². The third kappa shape index (κ3) is 3.83. The Morgan fingerprint density at radius 2 is 1.62 bits per heavy atom. The van der Waals surface area contributed by atoms with Crippen LogP contribution in [0.5, 0.6) is 5.75 Å². The molecule has 0 fully saturated rings. The maximum Gasteiger partial charge on any atom is 0.162 e.